The highest BCUT2D eigenvalue weighted by molar-refractivity contribution is 5.82. The summed E-state index contributed by atoms with van der Waals surface area (Å²) in [5.74, 6) is -0.408. The number of hydrogen-bond donors (Lipinski definition) is 3. The van der Waals surface area contributed by atoms with Crippen LogP contribution in [0.2, 0.25) is 0 Å². The van der Waals surface area contributed by atoms with Crippen LogP contribution in [0.4, 0.5) is 0 Å². The van der Waals surface area contributed by atoms with Gasteiger partial charge in [-0.15, -0.1) is 0 Å². The maximum atomic E-state index is 12.0. The van der Waals surface area contributed by atoms with Crippen molar-refractivity contribution in [1.29, 1.82) is 0 Å². The molecule has 0 spiro atoms. The van der Waals surface area contributed by atoms with Crippen molar-refractivity contribution >= 4 is 6.21 Å². The number of nitrogens with zero attached hydrogens (tertiary/aromatic N) is 2. The minimum atomic E-state index is -0.685. The van der Waals surface area contributed by atoms with E-state index in [4.69, 9.17) is 0 Å². The van der Waals surface area contributed by atoms with E-state index in [0.717, 1.165) is 23.1 Å². The first-order chi connectivity index (χ1) is 11.4. The predicted molar refractivity (Wildman–Crippen MR) is 93.8 cm³/mol. The summed E-state index contributed by atoms with van der Waals surface area (Å²) < 4.78 is 1.06. The van der Waals surface area contributed by atoms with Crippen molar-refractivity contribution in [3.63, 3.8) is 0 Å². The number of nitrogens with one attached hydrogen (secondary N) is 2. The molecule has 0 aliphatic rings. The first-order valence-electron chi connectivity index (χ1n) is 7.84. The Labute approximate surface area is 139 Å². The lowest BCUT2D eigenvalue weighted by atomic mass is 10.2. The van der Waals surface area contributed by atoms with Crippen LogP contribution in [0.15, 0.2) is 38.8 Å². The Kier molecular flexibility index (Phi) is 5.70. The third-order valence-electron chi connectivity index (χ3n) is 3.60. The molecule has 0 unspecified atom stereocenters. The van der Waals surface area contributed by atoms with Crippen molar-refractivity contribution in [3.8, 4) is 11.6 Å². The maximum absolute atomic E-state index is 12.0. The molecule has 0 bridgehead atoms. The lowest BCUT2D eigenvalue weighted by Gasteiger charge is -2.09. The predicted octanol–water partition coefficient (Wildman–Crippen LogP) is -0.507. The Morgan fingerprint density at radius 1 is 1.25 bits per heavy atom. The number of aliphatic imine (C=N–C) groups is 1. The molecule has 0 saturated heterocycles. The van der Waals surface area contributed by atoms with E-state index in [1.165, 1.54) is 11.1 Å². The zero-order chi connectivity index (χ0) is 17.7. The molecule has 0 saturated carbocycles. The summed E-state index contributed by atoms with van der Waals surface area (Å²) in [5, 5.41) is 10.4. The number of rotatable bonds is 6. The molecule has 1 heterocycles. The number of aromatic amines is 1. The highest BCUT2D eigenvalue weighted by Gasteiger charge is 2.13. The summed E-state index contributed by atoms with van der Waals surface area (Å²) in [6.07, 6.45) is 2.19. The second-order valence-electron chi connectivity index (χ2n) is 6.01. The van der Waals surface area contributed by atoms with Gasteiger partial charge in [-0.2, -0.15) is 0 Å². The number of aromatic hydroxyl groups is 1. The standard InChI is InChI=1S/C17H22N4O3/c1-12-5-7-13(8-6-12)21-16(23)14(15(22)19-17(21)24)11-18-9-4-10-20(2)3/h5-8,11,23H,4,9-10H2,1-3H3,(H,19,22,24)/p+1. The molecule has 7 heteroatoms. The van der Waals surface area contributed by atoms with E-state index < -0.39 is 17.1 Å². The van der Waals surface area contributed by atoms with Gasteiger partial charge in [0.15, 0.2) is 0 Å². The van der Waals surface area contributed by atoms with Gasteiger partial charge in [0.25, 0.3) is 5.56 Å². The summed E-state index contributed by atoms with van der Waals surface area (Å²) in [4.78, 5) is 31.7. The van der Waals surface area contributed by atoms with Gasteiger partial charge in [-0.1, -0.05) is 17.7 Å². The van der Waals surface area contributed by atoms with Gasteiger partial charge < -0.3 is 10.0 Å². The Balaban J connectivity index is 2.34. The highest BCUT2D eigenvalue weighted by Crippen LogP contribution is 2.15. The van der Waals surface area contributed by atoms with Crippen molar-refractivity contribution in [3.05, 3.63) is 56.2 Å². The molecular weight excluding hydrogens is 308 g/mol. The van der Waals surface area contributed by atoms with Crippen molar-refractivity contribution in [2.24, 2.45) is 4.99 Å². The first-order valence-corrected chi connectivity index (χ1v) is 7.84. The molecule has 0 aliphatic heterocycles. The smallest absolute Gasteiger partial charge is 0.335 e. The molecule has 24 heavy (non-hydrogen) atoms. The fourth-order valence-electron chi connectivity index (χ4n) is 2.27. The highest BCUT2D eigenvalue weighted by atomic mass is 16.3. The van der Waals surface area contributed by atoms with Crippen LogP contribution in [0.1, 0.15) is 17.5 Å². The Morgan fingerprint density at radius 3 is 2.54 bits per heavy atom. The zero-order valence-electron chi connectivity index (χ0n) is 14.2. The van der Waals surface area contributed by atoms with Crippen molar-refractivity contribution < 1.29 is 10.0 Å². The molecule has 2 aromatic rings. The second kappa shape index (κ2) is 7.74. The first kappa shape index (κ1) is 17.7. The van der Waals surface area contributed by atoms with Gasteiger partial charge >= 0.3 is 5.69 Å². The second-order valence-corrected chi connectivity index (χ2v) is 6.01. The molecule has 0 radical (unpaired) electrons. The van der Waals surface area contributed by atoms with Crippen LogP contribution in [-0.4, -0.2) is 48.1 Å². The van der Waals surface area contributed by atoms with Crippen LogP contribution in [0.3, 0.4) is 0 Å². The average molecular weight is 331 g/mol. The maximum Gasteiger partial charge on any atom is 0.335 e. The zero-order valence-corrected chi connectivity index (χ0v) is 14.2. The van der Waals surface area contributed by atoms with Gasteiger partial charge in [0, 0.05) is 19.2 Å². The van der Waals surface area contributed by atoms with Crippen LogP contribution in [0, 0.1) is 6.92 Å². The normalized spacial score (nSPS) is 11.5. The van der Waals surface area contributed by atoms with Crippen molar-refractivity contribution in [1.82, 2.24) is 9.55 Å². The van der Waals surface area contributed by atoms with Gasteiger partial charge in [-0.3, -0.25) is 14.8 Å². The molecule has 128 valence electrons. The lowest BCUT2D eigenvalue weighted by molar-refractivity contribution is -0.858. The van der Waals surface area contributed by atoms with Gasteiger partial charge in [-0.25, -0.2) is 9.36 Å². The SMILES string of the molecule is Cc1ccc(-n2c(O)c(C=NCCC[NH+](C)C)c(=O)[nH]c2=O)cc1. The lowest BCUT2D eigenvalue weighted by Crippen LogP contribution is -3.05. The average Bonchev–Trinajstić information content (AvgIpc) is 2.51. The Bertz CT molecular complexity index is 832. The molecule has 3 N–H and O–H groups in total. The molecular formula is C17H23N4O3+. The van der Waals surface area contributed by atoms with Crippen LogP contribution in [0.25, 0.3) is 5.69 Å². The van der Waals surface area contributed by atoms with Crippen LogP contribution >= 0.6 is 0 Å². The van der Waals surface area contributed by atoms with E-state index in [1.54, 1.807) is 12.1 Å². The van der Waals surface area contributed by atoms with Crippen LogP contribution < -0.4 is 16.1 Å². The molecule has 1 aromatic carbocycles. The van der Waals surface area contributed by atoms with Gasteiger partial charge in [0.2, 0.25) is 5.88 Å². The monoisotopic (exact) mass is 331 g/mol. The fourth-order valence-corrected chi connectivity index (χ4v) is 2.27. The van der Waals surface area contributed by atoms with E-state index in [-0.39, 0.29) is 5.56 Å². The molecule has 1 aromatic heterocycles. The molecule has 0 atom stereocenters. The third-order valence-corrected chi connectivity index (χ3v) is 3.60. The number of aromatic nitrogens is 2. The topological polar surface area (TPSA) is 91.9 Å². The Morgan fingerprint density at radius 2 is 1.92 bits per heavy atom. The summed E-state index contributed by atoms with van der Waals surface area (Å²) in [5.41, 5.74) is 0.149. The minimum absolute atomic E-state index is 0.0209. The quantitative estimate of drug-likeness (QED) is 0.492. The number of quaternary nitrogens is 1. The van der Waals surface area contributed by atoms with E-state index in [1.807, 2.05) is 19.1 Å². The van der Waals surface area contributed by atoms with E-state index in [2.05, 4.69) is 24.1 Å². The summed E-state index contributed by atoms with van der Waals surface area (Å²) >= 11 is 0. The number of hydrogen-bond acceptors (Lipinski definition) is 4. The van der Waals surface area contributed by atoms with Crippen molar-refractivity contribution in [2.45, 2.75) is 13.3 Å². The number of aryl methyl sites for hydroxylation is 1. The van der Waals surface area contributed by atoms with Crippen LogP contribution in [-0.2, 0) is 0 Å². The summed E-state index contributed by atoms with van der Waals surface area (Å²) in [6.45, 7) is 3.43. The van der Waals surface area contributed by atoms with Crippen molar-refractivity contribution in [2.75, 3.05) is 27.2 Å². The molecule has 0 fully saturated rings. The van der Waals surface area contributed by atoms with Gasteiger partial charge in [-0.05, 0) is 19.1 Å². The number of benzene rings is 1. The minimum Gasteiger partial charge on any atom is -0.493 e. The van der Waals surface area contributed by atoms with E-state index in [9.17, 15) is 14.7 Å². The number of H-pyrrole nitrogens is 1. The van der Waals surface area contributed by atoms with Gasteiger partial charge in [0.1, 0.15) is 5.56 Å². The summed E-state index contributed by atoms with van der Waals surface area (Å²) in [7, 11) is 4.11. The largest absolute Gasteiger partial charge is 0.493 e. The van der Waals surface area contributed by atoms with E-state index >= 15 is 0 Å². The molecule has 0 amide bonds. The summed E-state index contributed by atoms with van der Waals surface area (Å²) in [6, 6.07) is 7.05. The van der Waals surface area contributed by atoms with Crippen LogP contribution in [0.5, 0.6) is 5.88 Å². The molecule has 2 rings (SSSR count). The third kappa shape index (κ3) is 4.20. The fraction of sp³-hybridized carbons (Fsp3) is 0.353. The van der Waals surface area contributed by atoms with Gasteiger partial charge in [0.05, 0.1) is 26.3 Å². The molecule has 0 aliphatic carbocycles. The van der Waals surface area contributed by atoms with E-state index in [0.29, 0.717) is 12.2 Å². The molecule has 7 nitrogen and oxygen atoms in total. The Hall–Kier alpha value is -2.67.